The van der Waals surface area contributed by atoms with Gasteiger partial charge in [-0.2, -0.15) is 5.26 Å². The molecule has 0 atom stereocenters. The molecule has 0 aliphatic rings. The summed E-state index contributed by atoms with van der Waals surface area (Å²) in [5.41, 5.74) is 0.797. The van der Waals surface area contributed by atoms with E-state index in [-0.39, 0.29) is 18.1 Å². The highest BCUT2D eigenvalue weighted by molar-refractivity contribution is 7.99. The third kappa shape index (κ3) is 4.12. The predicted octanol–water partition coefficient (Wildman–Crippen LogP) is 3.58. The second kappa shape index (κ2) is 8.65. The van der Waals surface area contributed by atoms with Crippen LogP contribution in [0.4, 0.5) is 5.69 Å². The number of rotatable bonds is 7. The lowest BCUT2D eigenvalue weighted by molar-refractivity contribution is -0.116. The number of benzene rings is 1. The van der Waals surface area contributed by atoms with Gasteiger partial charge in [-0.15, -0.1) is 21.5 Å². The van der Waals surface area contributed by atoms with Crippen molar-refractivity contribution >= 4 is 34.7 Å². The van der Waals surface area contributed by atoms with Gasteiger partial charge in [0.1, 0.15) is 0 Å². The Hall–Kier alpha value is -2.63. The van der Waals surface area contributed by atoms with Crippen LogP contribution in [0.3, 0.4) is 0 Å². The van der Waals surface area contributed by atoms with Crippen molar-refractivity contribution in [3.05, 3.63) is 47.8 Å². The fourth-order valence-corrected chi connectivity index (χ4v) is 3.96. The van der Waals surface area contributed by atoms with E-state index >= 15 is 0 Å². The highest BCUT2D eigenvalue weighted by atomic mass is 32.2. The van der Waals surface area contributed by atoms with Crippen LogP contribution in [0, 0.1) is 11.3 Å². The summed E-state index contributed by atoms with van der Waals surface area (Å²) in [6.07, 6.45) is 0.289. The van der Waals surface area contributed by atoms with Crippen LogP contribution in [-0.2, 0) is 11.8 Å². The standard InChI is InChI=1S/C18H17N5OS2/c1-22-17(15-9-5-12-25-15)20-21-18(22)26-13-16(24)23(11-6-10-19)14-7-3-2-4-8-14/h2-5,7-9,12H,6,11,13H2,1H3. The molecule has 2 heterocycles. The summed E-state index contributed by atoms with van der Waals surface area (Å²) in [4.78, 5) is 15.4. The average Bonchev–Trinajstić information content (AvgIpc) is 3.31. The van der Waals surface area contributed by atoms with Crippen molar-refractivity contribution in [2.75, 3.05) is 17.2 Å². The number of para-hydroxylation sites is 1. The number of hydrogen-bond donors (Lipinski definition) is 0. The number of carbonyl (C=O) groups is 1. The molecule has 0 saturated heterocycles. The molecule has 0 radical (unpaired) electrons. The number of carbonyl (C=O) groups excluding carboxylic acids is 1. The van der Waals surface area contributed by atoms with E-state index in [1.165, 1.54) is 11.8 Å². The van der Waals surface area contributed by atoms with Crippen molar-refractivity contribution in [1.29, 1.82) is 5.26 Å². The van der Waals surface area contributed by atoms with E-state index in [0.717, 1.165) is 16.4 Å². The summed E-state index contributed by atoms with van der Waals surface area (Å²) in [6, 6.07) is 15.5. The lowest BCUT2D eigenvalue weighted by Crippen LogP contribution is -2.33. The summed E-state index contributed by atoms with van der Waals surface area (Å²) in [5.74, 6) is 0.966. The monoisotopic (exact) mass is 383 g/mol. The quantitative estimate of drug-likeness (QED) is 0.583. The van der Waals surface area contributed by atoms with Crippen molar-refractivity contribution < 1.29 is 4.79 Å². The first-order chi connectivity index (χ1) is 12.7. The Balaban J connectivity index is 1.70. The zero-order valence-corrected chi connectivity index (χ0v) is 15.8. The summed E-state index contributed by atoms with van der Waals surface area (Å²) >= 11 is 2.95. The van der Waals surface area contributed by atoms with Crippen LogP contribution in [-0.4, -0.2) is 33.0 Å². The Morgan fingerprint density at radius 1 is 1.27 bits per heavy atom. The molecule has 26 heavy (non-hydrogen) atoms. The Labute approximate surface area is 160 Å². The van der Waals surface area contributed by atoms with Gasteiger partial charge in [-0.25, -0.2) is 0 Å². The number of nitriles is 1. The Morgan fingerprint density at radius 3 is 2.77 bits per heavy atom. The van der Waals surface area contributed by atoms with E-state index in [4.69, 9.17) is 5.26 Å². The summed E-state index contributed by atoms with van der Waals surface area (Å²) in [7, 11) is 1.90. The molecule has 0 bridgehead atoms. The Morgan fingerprint density at radius 2 is 2.08 bits per heavy atom. The molecule has 1 amide bonds. The fraction of sp³-hybridized carbons (Fsp3) is 0.222. The van der Waals surface area contributed by atoms with Crippen molar-refractivity contribution in [2.45, 2.75) is 11.6 Å². The van der Waals surface area contributed by atoms with E-state index in [1.54, 1.807) is 16.2 Å². The van der Waals surface area contributed by atoms with Gasteiger partial charge in [0.05, 0.1) is 23.1 Å². The van der Waals surface area contributed by atoms with Gasteiger partial charge in [0, 0.05) is 19.3 Å². The second-order valence-electron chi connectivity index (χ2n) is 5.42. The fourth-order valence-electron chi connectivity index (χ4n) is 2.43. The highest BCUT2D eigenvalue weighted by Crippen LogP contribution is 2.26. The topological polar surface area (TPSA) is 74.8 Å². The minimum Gasteiger partial charge on any atom is -0.311 e. The number of aromatic nitrogens is 3. The van der Waals surface area contributed by atoms with Crippen molar-refractivity contribution in [2.24, 2.45) is 7.05 Å². The first-order valence-corrected chi connectivity index (χ1v) is 9.85. The molecule has 0 fully saturated rings. The van der Waals surface area contributed by atoms with E-state index in [9.17, 15) is 4.79 Å². The lowest BCUT2D eigenvalue weighted by Gasteiger charge is -2.21. The molecule has 3 rings (SSSR count). The van der Waals surface area contributed by atoms with Gasteiger partial charge in [0.25, 0.3) is 0 Å². The molecule has 0 N–H and O–H groups in total. The Bertz CT molecular complexity index is 900. The van der Waals surface area contributed by atoms with Gasteiger partial charge in [-0.05, 0) is 23.6 Å². The first kappa shape index (κ1) is 18.2. The minimum absolute atomic E-state index is 0.0582. The van der Waals surface area contributed by atoms with Crippen molar-refractivity contribution in [3.63, 3.8) is 0 Å². The third-order valence-electron chi connectivity index (χ3n) is 3.72. The van der Waals surface area contributed by atoms with Crippen molar-refractivity contribution in [3.8, 4) is 16.8 Å². The van der Waals surface area contributed by atoms with Crippen molar-refractivity contribution in [1.82, 2.24) is 14.8 Å². The predicted molar refractivity (Wildman–Crippen MR) is 104 cm³/mol. The van der Waals surface area contributed by atoms with Gasteiger partial charge < -0.3 is 9.47 Å². The van der Waals surface area contributed by atoms with Crippen LogP contribution in [0.2, 0.25) is 0 Å². The molecule has 3 aromatic rings. The first-order valence-electron chi connectivity index (χ1n) is 7.99. The van der Waals surface area contributed by atoms with Gasteiger partial charge in [0.2, 0.25) is 5.91 Å². The van der Waals surface area contributed by atoms with Crippen LogP contribution in [0.25, 0.3) is 10.7 Å². The van der Waals surface area contributed by atoms with E-state index in [2.05, 4.69) is 16.3 Å². The van der Waals surface area contributed by atoms with Gasteiger partial charge in [-0.3, -0.25) is 4.79 Å². The number of amides is 1. The van der Waals surface area contributed by atoms with Crippen LogP contribution < -0.4 is 4.90 Å². The van der Waals surface area contributed by atoms with Crippen LogP contribution in [0.5, 0.6) is 0 Å². The van der Waals surface area contributed by atoms with Gasteiger partial charge >= 0.3 is 0 Å². The largest absolute Gasteiger partial charge is 0.311 e. The molecule has 1 aromatic carbocycles. The van der Waals surface area contributed by atoms with E-state index in [0.29, 0.717) is 11.7 Å². The maximum atomic E-state index is 12.7. The molecule has 2 aromatic heterocycles. The molecule has 0 spiro atoms. The minimum atomic E-state index is -0.0582. The van der Waals surface area contributed by atoms with Crippen LogP contribution in [0.1, 0.15) is 6.42 Å². The third-order valence-corrected chi connectivity index (χ3v) is 5.59. The molecular weight excluding hydrogens is 366 g/mol. The Kier molecular flexibility index (Phi) is 6.04. The molecule has 0 aliphatic heterocycles. The number of thiophene rings is 1. The summed E-state index contributed by atoms with van der Waals surface area (Å²) in [5, 5.41) is 20.0. The summed E-state index contributed by atoms with van der Waals surface area (Å²) < 4.78 is 1.89. The zero-order valence-electron chi connectivity index (χ0n) is 14.2. The molecule has 8 heteroatoms. The van der Waals surface area contributed by atoms with Crippen LogP contribution in [0.15, 0.2) is 53.0 Å². The maximum Gasteiger partial charge on any atom is 0.237 e. The van der Waals surface area contributed by atoms with Gasteiger partial charge in [-0.1, -0.05) is 36.0 Å². The normalized spacial score (nSPS) is 10.5. The molecule has 132 valence electrons. The van der Waals surface area contributed by atoms with Gasteiger partial charge in [0.15, 0.2) is 11.0 Å². The molecule has 0 unspecified atom stereocenters. The maximum absolute atomic E-state index is 12.7. The average molecular weight is 384 g/mol. The lowest BCUT2D eigenvalue weighted by atomic mass is 10.2. The number of nitrogens with zero attached hydrogens (tertiary/aromatic N) is 5. The van der Waals surface area contributed by atoms with E-state index < -0.39 is 0 Å². The molecular formula is C18H17N5OS2. The number of thioether (sulfide) groups is 1. The number of anilines is 1. The molecule has 6 nitrogen and oxygen atoms in total. The smallest absolute Gasteiger partial charge is 0.237 e. The summed E-state index contributed by atoms with van der Waals surface area (Å²) in [6.45, 7) is 0.374. The number of hydrogen-bond acceptors (Lipinski definition) is 6. The highest BCUT2D eigenvalue weighted by Gasteiger charge is 2.18. The SMILES string of the molecule is Cn1c(SCC(=O)N(CCC#N)c2ccccc2)nnc1-c1cccs1. The van der Waals surface area contributed by atoms with Crippen LogP contribution >= 0.6 is 23.1 Å². The van der Waals surface area contributed by atoms with E-state index in [1.807, 2.05) is 59.5 Å². The second-order valence-corrected chi connectivity index (χ2v) is 7.31. The molecule has 0 saturated carbocycles. The molecule has 0 aliphatic carbocycles. The zero-order chi connectivity index (χ0) is 18.4.